The molecule has 1 heterocycles. The van der Waals surface area contributed by atoms with Gasteiger partial charge in [0.2, 0.25) is 5.60 Å². The number of rotatable bonds is 7. The van der Waals surface area contributed by atoms with Gasteiger partial charge >= 0.3 is 5.97 Å². The predicted molar refractivity (Wildman–Crippen MR) is 132 cm³/mol. The summed E-state index contributed by atoms with van der Waals surface area (Å²) in [5, 5.41) is 32.4. The number of nitrogens with one attached hydrogen (secondary N) is 2. The van der Waals surface area contributed by atoms with Crippen LogP contribution in [0.15, 0.2) is 16.7 Å². The van der Waals surface area contributed by atoms with Crippen LogP contribution in [0.2, 0.25) is 0 Å². The van der Waals surface area contributed by atoms with Gasteiger partial charge in [-0.05, 0) is 101 Å². The fraction of sp³-hybridized carbons (Fsp3) is 0.560. The maximum Gasteiger partial charge on any atom is 0.346 e. The lowest BCUT2D eigenvalue weighted by Gasteiger charge is -2.31. The number of thiocarbonyl (C=S) groups is 1. The number of aromatic nitrogens is 1. The molecule has 4 rings (SSSR count). The molecule has 0 bridgehead atoms. The summed E-state index contributed by atoms with van der Waals surface area (Å²) in [7, 11) is 0. The van der Waals surface area contributed by atoms with Gasteiger partial charge in [0, 0.05) is 11.8 Å². The number of anilines is 1. The van der Waals surface area contributed by atoms with Crippen molar-refractivity contribution in [3.63, 3.8) is 0 Å². The molecule has 0 radical (unpaired) electrons. The van der Waals surface area contributed by atoms with Gasteiger partial charge in [-0.1, -0.05) is 11.2 Å². The third-order valence-corrected chi connectivity index (χ3v) is 7.00. The first-order valence-corrected chi connectivity index (χ1v) is 12.3. The highest BCUT2D eigenvalue weighted by Crippen LogP contribution is 2.38. The average molecular weight is 488 g/mol. The highest BCUT2D eigenvalue weighted by molar-refractivity contribution is 7.80. The molecule has 0 aliphatic heterocycles. The molecular formula is C25H33N3O5S. The monoisotopic (exact) mass is 487 g/mol. The van der Waals surface area contributed by atoms with Gasteiger partial charge in [0.1, 0.15) is 11.3 Å². The number of hydrogen-bond donors (Lipinski definition) is 4. The molecule has 2 atom stereocenters. The van der Waals surface area contributed by atoms with E-state index in [-0.39, 0.29) is 18.1 Å². The second-order valence-corrected chi connectivity index (χ2v) is 10.1. The van der Waals surface area contributed by atoms with Crippen molar-refractivity contribution in [3.05, 3.63) is 45.8 Å². The smallest absolute Gasteiger partial charge is 0.346 e. The number of hydrogen-bond acceptors (Lipinski definition) is 7. The minimum atomic E-state index is -2.19. The number of esters is 1. The molecule has 8 nitrogen and oxygen atoms in total. The second kappa shape index (κ2) is 9.28. The number of nitrogens with zero attached hydrogens (tertiary/aromatic N) is 1. The number of benzene rings is 1. The Balaban J connectivity index is 1.59. The van der Waals surface area contributed by atoms with Crippen LogP contribution in [0, 0.1) is 0 Å². The molecule has 0 fully saturated rings. The van der Waals surface area contributed by atoms with Gasteiger partial charge in [-0.2, -0.15) is 0 Å². The first-order chi connectivity index (χ1) is 16.1. The van der Waals surface area contributed by atoms with Crippen molar-refractivity contribution < 1.29 is 24.3 Å². The Morgan fingerprint density at radius 2 is 1.79 bits per heavy atom. The van der Waals surface area contributed by atoms with E-state index in [2.05, 4.69) is 21.9 Å². The molecule has 4 N–H and O–H groups in total. The van der Waals surface area contributed by atoms with E-state index in [0.717, 1.165) is 44.2 Å². The molecule has 1 aromatic heterocycles. The van der Waals surface area contributed by atoms with Crippen LogP contribution in [-0.2, 0) is 46.4 Å². The molecule has 0 spiro atoms. The molecule has 2 unspecified atom stereocenters. The summed E-state index contributed by atoms with van der Waals surface area (Å²) in [5.74, 6) is -0.761. The number of fused-ring (bicyclic) bond motifs is 2. The third kappa shape index (κ3) is 4.44. The summed E-state index contributed by atoms with van der Waals surface area (Å²) in [4.78, 5) is 12.9. The second-order valence-electron chi connectivity index (χ2n) is 9.68. The van der Waals surface area contributed by atoms with Crippen molar-refractivity contribution >= 4 is 29.0 Å². The number of aliphatic hydroxyl groups is 2. The van der Waals surface area contributed by atoms with E-state index in [1.54, 1.807) is 13.8 Å². The van der Waals surface area contributed by atoms with Gasteiger partial charge in [-0.25, -0.2) is 4.79 Å². The summed E-state index contributed by atoms with van der Waals surface area (Å²) in [6, 6.07) is 2.80. The van der Waals surface area contributed by atoms with Crippen molar-refractivity contribution in [1.82, 2.24) is 10.5 Å². The molecule has 0 amide bonds. The minimum Gasteiger partial charge on any atom is -0.463 e. The lowest BCUT2D eigenvalue weighted by atomic mass is 9.90. The highest BCUT2D eigenvalue weighted by Gasteiger charge is 2.49. The van der Waals surface area contributed by atoms with Gasteiger partial charge in [0.15, 0.2) is 10.9 Å². The van der Waals surface area contributed by atoms with Gasteiger partial charge in [-0.15, -0.1) is 0 Å². The van der Waals surface area contributed by atoms with Crippen molar-refractivity contribution in [2.45, 2.75) is 83.5 Å². The van der Waals surface area contributed by atoms with E-state index < -0.39 is 23.2 Å². The van der Waals surface area contributed by atoms with E-state index in [9.17, 15) is 15.0 Å². The molecule has 2 aromatic rings. The van der Waals surface area contributed by atoms with E-state index in [4.69, 9.17) is 21.5 Å². The Bertz CT molecular complexity index is 1070. The number of carbonyl (C=O) groups excluding carboxylic acids is 1. The quantitative estimate of drug-likeness (QED) is 0.345. The molecule has 1 aromatic carbocycles. The fourth-order valence-corrected chi connectivity index (χ4v) is 5.18. The normalized spacial score (nSPS) is 17.5. The molecular weight excluding hydrogens is 454 g/mol. The zero-order chi connectivity index (χ0) is 24.7. The third-order valence-electron chi connectivity index (χ3n) is 6.78. The number of carbonyl (C=O) groups is 1. The predicted octanol–water partition coefficient (Wildman–Crippen LogP) is 3.01. The van der Waals surface area contributed by atoms with Crippen molar-refractivity contribution in [1.29, 1.82) is 0 Å². The molecule has 34 heavy (non-hydrogen) atoms. The van der Waals surface area contributed by atoms with E-state index >= 15 is 0 Å². The van der Waals surface area contributed by atoms with E-state index in [0.29, 0.717) is 5.11 Å². The molecule has 0 saturated carbocycles. The number of aryl methyl sites for hydroxylation is 2. The van der Waals surface area contributed by atoms with Gasteiger partial charge in [-0.3, -0.25) is 0 Å². The summed E-state index contributed by atoms with van der Waals surface area (Å²) in [6.45, 7) is 6.42. The van der Waals surface area contributed by atoms with E-state index in [1.165, 1.54) is 42.2 Å². The van der Waals surface area contributed by atoms with Crippen LogP contribution in [0.25, 0.3) is 0 Å². The van der Waals surface area contributed by atoms with Gasteiger partial charge in [0.25, 0.3) is 0 Å². The Hall–Kier alpha value is -2.49. The average Bonchev–Trinajstić information content (AvgIpc) is 3.52. The van der Waals surface area contributed by atoms with Crippen molar-refractivity contribution in [3.8, 4) is 0 Å². The van der Waals surface area contributed by atoms with Crippen LogP contribution in [0.3, 0.4) is 0 Å². The zero-order valence-corrected chi connectivity index (χ0v) is 21.0. The zero-order valence-electron chi connectivity index (χ0n) is 20.2. The Kier molecular flexibility index (Phi) is 6.72. The molecule has 0 saturated heterocycles. The van der Waals surface area contributed by atoms with E-state index in [1.807, 2.05) is 0 Å². The summed E-state index contributed by atoms with van der Waals surface area (Å²) < 4.78 is 10.4. The Labute approximate surface area is 205 Å². The molecule has 9 heteroatoms. The topological polar surface area (TPSA) is 117 Å². The lowest BCUT2D eigenvalue weighted by Crippen LogP contribution is -2.55. The first-order valence-electron chi connectivity index (χ1n) is 11.9. The van der Waals surface area contributed by atoms with Crippen LogP contribution in [-0.4, -0.2) is 39.1 Å². The molecule has 2 aliphatic carbocycles. The summed E-state index contributed by atoms with van der Waals surface area (Å²) in [5.41, 5.74) is 2.86. The van der Waals surface area contributed by atoms with Crippen LogP contribution in [0.1, 0.15) is 74.2 Å². The highest BCUT2D eigenvalue weighted by atomic mass is 32.1. The van der Waals surface area contributed by atoms with Crippen molar-refractivity contribution in [2.75, 3.05) is 11.9 Å². The Morgan fingerprint density at radius 3 is 2.32 bits per heavy atom. The minimum absolute atomic E-state index is 0.0626. The Morgan fingerprint density at radius 1 is 1.18 bits per heavy atom. The van der Waals surface area contributed by atoms with Crippen LogP contribution >= 0.6 is 12.2 Å². The fourth-order valence-electron chi connectivity index (χ4n) is 4.91. The SMILES string of the molecule is CCOC(=O)C(O)(c1cc(C(C)(C)O)on1)C(C)NC(=S)Nc1c2c(cc3c1CCC3)CCC2. The molecule has 2 aliphatic rings. The maximum atomic E-state index is 12.9. The summed E-state index contributed by atoms with van der Waals surface area (Å²) >= 11 is 5.62. The largest absolute Gasteiger partial charge is 0.463 e. The number of ether oxygens (including phenoxy) is 1. The van der Waals surface area contributed by atoms with Gasteiger partial charge < -0.3 is 30.1 Å². The standard InChI is InChI=1S/C25H33N3O5S/c1-5-32-22(29)25(31,19-13-20(33-28-19)24(3,4)30)14(2)26-23(34)27-21-17-10-6-8-15(17)12-16-9-7-11-18(16)21/h12-14,30-31H,5-11H2,1-4H3,(H2,26,27,34). The lowest BCUT2D eigenvalue weighted by molar-refractivity contribution is -0.169. The van der Waals surface area contributed by atoms with Crippen LogP contribution < -0.4 is 10.6 Å². The maximum absolute atomic E-state index is 12.9. The van der Waals surface area contributed by atoms with Crippen LogP contribution in [0.5, 0.6) is 0 Å². The summed E-state index contributed by atoms with van der Waals surface area (Å²) in [6.07, 6.45) is 6.42. The van der Waals surface area contributed by atoms with Crippen LogP contribution in [0.4, 0.5) is 5.69 Å². The molecule has 184 valence electrons. The van der Waals surface area contributed by atoms with Crippen molar-refractivity contribution in [2.24, 2.45) is 0 Å². The first kappa shape index (κ1) is 24.6. The van der Waals surface area contributed by atoms with Gasteiger partial charge in [0.05, 0.1) is 12.6 Å².